The first-order chi connectivity index (χ1) is 22.9. The standard InChI is InChI=1S/C41H76O3Si3/c1-5-6-7-8-9-10-11-12-13-14-15-25-34-47(4)41(30-21-24-33-44-41)38(40(46(2)3)29-20-23-32-43-40)37(36-26-17-16-18-27-36)35-39(45)28-19-22-31-42-39/h16-18,26-27,37-38,46-47H,5-15,19-25,28-35H2,1-4,45H3. The molecule has 4 rings (SSSR count). The van der Waals surface area contributed by atoms with Crippen LogP contribution >= 0.6 is 0 Å². The third-order valence-corrected chi connectivity index (χ3v) is 20.6. The average Bonchev–Trinajstić information content (AvgIpc) is 3.09. The van der Waals surface area contributed by atoms with Crippen LogP contribution in [0.25, 0.3) is 0 Å². The predicted octanol–water partition coefficient (Wildman–Crippen LogP) is 10.0. The Labute approximate surface area is 298 Å². The number of ether oxygens (including phenoxy) is 3. The van der Waals surface area contributed by atoms with Gasteiger partial charge in [-0.25, -0.2) is 0 Å². The van der Waals surface area contributed by atoms with Gasteiger partial charge >= 0.3 is 0 Å². The van der Waals surface area contributed by atoms with E-state index >= 15 is 0 Å². The van der Waals surface area contributed by atoms with Crippen molar-refractivity contribution in [2.45, 2.75) is 195 Å². The lowest BCUT2D eigenvalue weighted by atomic mass is 9.71. The maximum atomic E-state index is 7.47. The number of hydrogen-bond acceptors (Lipinski definition) is 3. The van der Waals surface area contributed by atoms with Crippen molar-refractivity contribution >= 4 is 27.8 Å². The molecule has 6 unspecified atom stereocenters. The van der Waals surface area contributed by atoms with E-state index in [1.54, 1.807) is 0 Å². The molecule has 1 aromatic rings. The fourth-order valence-corrected chi connectivity index (χ4v) is 17.3. The second kappa shape index (κ2) is 20.6. The predicted molar refractivity (Wildman–Crippen MR) is 213 cm³/mol. The van der Waals surface area contributed by atoms with Crippen molar-refractivity contribution in [1.82, 2.24) is 0 Å². The Balaban J connectivity index is 1.55. The van der Waals surface area contributed by atoms with Gasteiger partial charge in [0.15, 0.2) is 0 Å². The van der Waals surface area contributed by atoms with Gasteiger partial charge in [-0.15, -0.1) is 0 Å². The van der Waals surface area contributed by atoms with Crippen molar-refractivity contribution in [3.05, 3.63) is 35.9 Å². The van der Waals surface area contributed by atoms with Gasteiger partial charge in [-0.05, 0) is 75.7 Å². The van der Waals surface area contributed by atoms with Crippen LogP contribution in [0.1, 0.15) is 160 Å². The normalized spacial score (nSPS) is 29.1. The smallest absolute Gasteiger partial charge is 0.0731 e. The summed E-state index contributed by atoms with van der Waals surface area (Å²) in [5, 5.41) is 0.0831. The molecule has 0 radical (unpaired) electrons. The van der Waals surface area contributed by atoms with E-state index in [0.29, 0.717) is 11.8 Å². The molecule has 0 spiro atoms. The van der Waals surface area contributed by atoms with E-state index in [2.05, 4.69) is 56.9 Å². The van der Waals surface area contributed by atoms with Crippen molar-refractivity contribution < 1.29 is 14.2 Å². The molecule has 3 saturated heterocycles. The molecule has 0 bridgehead atoms. The Bertz CT molecular complexity index is 954. The second-order valence-electron chi connectivity index (χ2n) is 16.7. The van der Waals surface area contributed by atoms with Crippen LogP contribution in [0, 0.1) is 5.92 Å². The molecule has 0 saturated carbocycles. The van der Waals surface area contributed by atoms with Crippen LogP contribution in [-0.4, -0.2) is 63.3 Å². The fourth-order valence-electron chi connectivity index (χ4n) is 10.1. The van der Waals surface area contributed by atoms with E-state index in [1.807, 2.05) is 0 Å². The zero-order valence-corrected chi connectivity index (χ0v) is 36.1. The summed E-state index contributed by atoms with van der Waals surface area (Å²) in [6.45, 7) is 13.1. The molecular formula is C41H76O3Si3. The summed E-state index contributed by atoms with van der Waals surface area (Å²) in [5.41, 5.74) is 1.53. The molecule has 47 heavy (non-hydrogen) atoms. The summed E-state index contributed by atoms with van der Waals surface area (Å²) in [5.74, 6) is 0.884. The van der Waals surface area contributed by atoms with E-state index in [9.17, 15) is 0 Å². The third-order valence-electron chi connectivity index (χ3n) is 12.9. The van der Waals surface area contributed by atoms with Crippen molar-refractivity contribution in [3.63, 3.8) is 0 Å². The summed E-state index contributed by atoms with van der Waals surface area (Å²) in [4.78, 5) is 0. The molecule has 3 aliphatic heterocycles. The highest BCUT2D eigenvalue weighted by molar-refractivity contribution is 6.62. The topological polar surface area (TPSA) is 27.7 Å². The molecule has 3 heterocycles. The van der Waals surface area contributed by atoms with Gasteiger partial charge in [0.05, 0.1) is 28.0 Å². The zero-order chi connectivity index (χ0) is 33.4. The minimum atomic E-state index is -1.29. The van der Waals surface area contributed by atoms with E-state index in [0.717, 1.165) is 36.5 Å². The minimum absolute atomic E-state index is 0.000476. The number of rotatable bonds is 21. The molecule has 0 amide bonds. The van der Waals surface area contributed by atoms with Crippen LogP contribution in [0.15, 0.2) is 30.3 Å². The van der Waals surface area contributed by atoms with Crippen molar-refractivity contribution in [2.75, 3.05) is 19.8 Å². The zero-order valence-electron chi connectivity index (χ0n) is 31.8. The van der Waals surface area contributed by atoms with Crippen molar-refractivity contribution in [3.8, 4) is 0 Å². The van der Waals surface area contributed by atoms with Gasteiger partial charge < -0.3 is 14.2 Å². The number of benzene rings is 1. The van der Waals surface area contributed by atoms with Gasteiger partial charge in [-0.3, -0.25) is 0 Å². The van der Waals surface area contributed by atoms with Crippen molar-refractivity contribution in [2.24, 2.45) is 5.92 Å². The quantitative estimate of drug-likeness (QED) is 0.0944. The van der Waals surface area contributed by atoms with Crippen LogP contribution in [0.4, 0.5) is 0 Å². The maximum absolute atomic E-state index is 7.47. The van der Waals surface area contributed by atoms with Crippen LogP contribution < -0.4 is 0 Å². The first-order valence-corrected chi connectivity index (χ1v) is 27.3. The molecule has 6 heteroatoms. The van der Waals surface area contributed by atoms with Gasteiger partial charge in [-0.1, -0.05) is 140 Å². The average molecular weight is 701 g/mol. The molecule has 3 fully saturated rings. The summed E-state index contributed by atoms with van der Waals surface area (Å²) >= 11 is 0. The Hall–Kier alpha value is -0.249. The lowest BCUT2D eigenvalue weighted by molar-refractivity contribution is -0.157. The fraction of sp³-hybridized carbons (Fsp3) is 0.854. The molecule has 6 atom stereocenters. The lowest BCUT2D eigenvalue weighted by Gasteiger charge is -2.60. The van der Waals surface area contributed by atoms with Crippen molar-refractivity contribution in [1.29, 1.82) is 0 Å². The van der Waals surface area contributed by atoms with Gasteiger partial charge in [0, 0.05) is 41.2 Å². The first kappa shape index (κ1) is 39.5. The van der Waals surface area contributed by atoms with Crippen LogP contribution in [0.3, 0.4) is 0 Å². The highest BCUT2D eigenvalue weighted by atomic mass is 28.3. The SMILES string of the molecule is CCCCCCCCCCCCCC[SiH](C)C1(C(C(CC2([SiH3])CCCCO2)c2ccccc2)C2([SiH](C)C)CCCCO2)CCCCO1. The second-order valence-corrected chi connectivity index (χ2v) is 25.2. The summed E-state index contributed by atoms with van der Waals surface area (Å²) in [7, 11) is -1.42. The van der Waals surface area contributed by atoms with Crippen LogP contribution in [0.2, 0.25) is 25.7 Å². The number of hydrogen-bond donors (Lipinski definition) is 0. The summed E-state index contributed by atoms with van der Waals surface area (Å²) in [6, 6.07) is 13.1. The Morgan fingerprint density at radius 1 is 0.638 bits per heavy atom. The highest BCUT2D eigenvalue weighted by Crippen LogP contribution is 2.55. The molecule has 3 nitrogen and oxygen atoms in total. The summed E-state index contributed by atoms with van der Waals surface area (Å²) < 4.78 is 21.6. The maximum Gasteiger partial charge on any atom is 0.0731 e. The minimum Gasteiger partial charge on any atom is -0.380 e. The molecule has 270 valence electrons. The molecule has 0 N–H and O–H groups in total. The van der Waals surface area contributed by atoms with E-state index in [-0.39, 0.29) is 15.7 Å². The highest BCUT2D eigenvalue weighted by Gasteiger charge is 2.60. The van der Waals surface area contributed by atoms with Gasteiger partial charge in [0.25, 0.3) is 0 Å². The van der Waals surface area contributed by atoms with Crippen LogP contribution in [0.5, 0.6) is 0 Å². The molecule has 0 aliphatic carbocycles. The Kier molecular flexibility index (Phi) is 17.3. The third kappa shape index (κ3) is 11.1. The molecule has 1 aromatic carbocycles. The Morgan fingerprint density at radius 3 is 1.64 bits per heavy atom. The lowest BCUT2D eigenvalue weighted by Crippen LogP contribution is -2.68. The first-order valence-electron chi connectivity index (χ1n) is 20.8. The Morgan fingerprint density at radius 2 is 1.15 bits per heavy atom. The molecule has 0 aromatic heterocycles. The van der Waals surface area contributed by atoms with E-state index in [1.165, 1.54) is 146 Å². The monoisotopic (exact) mass is 701 g/mol. The molecule has 3 aliphatic rings. The molecular weight excluding hydrogens is 625 g/mol. The van der Waals surface area contributed by atoms with E-state index in [4.69, 9.17) is 14.2 Å². The van der Waals surface area contributed by atoms with Gasteiger partial charge in [0.1, 0.15) is 0 Å². The van der Waals surface area contributed by atoms with Gasteiger partial charge in [0.2, 0.25) is 0 Å². The van der Waals surface area contributed by atoms with E-state index < -0.39 is 17.6 Å². The van der Waals surface area contributed by atoms with Gasteiger partial charge in [-0.2, -0.15) is 0 Å². The largest absolute Gasteiger partial charge is 0.380 e. The van der Waals surface area contributed by atoms with Crippen LogP contribution in [-0.2, 0) is 14.2 Å². The summed E-state index contributed by atoms with van der Waals surface area (Å²) in [6.07, 6.45) is 29.7. The number of unbranched alkanes of at least 4 members (excludes halogenated alkanes) is 11.